The monoisotopic (exact) mass is 726 g/mol. The molecule has 0 saturated carbocycles. The van der Waals surface area contributed by atoms with Crippen LogP contribution in [0.1, 0.15) is 12.7 Å². The number of thioether (sulfide) groups is 1. The highest BCUT2D eigenvalue weighted by Crippen LogP contribution is 2.40. The Morgan fingerprint density at radius 3 is 2.76 bits per heavy atom. The Hall–Kier alpha value is -5.63. The molecule has 1 aromatic carbocycles. The van der Waals surface area contributed by atoms with Crippen LogP contribution in [0.2, 0.25) is 0 Å². The van der Waals surface area contributed by atoms with E-state index >= 15 is 4.39 Å². The standard InChI is InChI=1S/C30H28FN9O8S2/c1-14(41)33-9-18-12-39(30(46)48-18)17-5-6-19(20(31)8-17)15-4-3-7-38(10-15)11-16-13-49-27-22(26(43)40(27)23(16)28(44)45)34-25(42)21(36-47-2)24-35-29(32)50-37-24/h3-8,10,18,22,27H,9,11-13H2,1-2H3,(H4-,32,33,34,35,37,41,42,44,45)/p+1/b36-21-/t18-,22+,27?/m0/s1. The first-order valence-electron chi connectivity index (χ1n) is 14.9. The smallest absolute Gasteiger partial charge is 0.414 e. The molecule has 0 spiro atoms. The lowest BCUT2D eigenvalue weighted by atomic mass is 10.0. The van der Waals surface area contributed by atoms with Crippen molar-refractivity contribution in [2.75, 3.05) is 36.6 Å². The van der Waals surface area contributed by atoms with Crippen LogP contribution in [-0.4, -0.2) is 98.3 Å². The van der Waals surface area contributed by atoms with Crippen molar-refractivity contribution in [2.45, 2.75) is 31.0 Å². The van der Waals surface area contributed by atoms with Crippen molar-refractivity contribution in [3.8, 4) is 11.1 Å². The molecule has 0 aliphatic carbocycles. The molecule has 260 valence electrons. The van der Waals surface area contributed by atoms with E-state index in [9.17, 15) is 29.1 Å². The van der Waals surface area contributed by atoms with Crippen molar-refractivity contribution in [3.63, 3.8) is 0 Å². The number of β-lactam (4-membered cyclic amide) rings is 1. The first-order valence-corrected chi connectivity index (χ1v) is 16.7. The summed E-state index contributed by atoms with van der Waals surface area (Å²) in [7, 11) is 1.23. The fourth-order valence-electron chi connectivity index (χ4n) is 5.62. The molecule has 0 radical (unpaired) electrons. The van der Waals surface area contributed by atoms with Crippen molar-refractivity contribution < 1.29 is 47.6 Å². The lowest BCUT2D eigenvalue weighted by molar-refractivity contribution is -0.688. The molecule has 17 nitrogen and oxygen atoms in total. The Labute approximate surface area is 291 Å². The number of oxime groups is 1. The average molecular weight is 727 g/mol. The number of ether oxygens (including phenoxy) is 1. The Morgan fingerprint density at radius 2 is 2.08 bits per heavy atom. The Morgan fingerprint density at radius 1 is 1.28 bits per heavy atom. The number of carbonyl (C=O) groups excluding carboxylic acids is 4. The van der Waals surface area contributed by atoms with E-state index in [4.69, 9.17) is 15.3 Å². The van der Waals surface area contributed by atoms with Crippen LogP contribution in [0.25, 0.3) is 11.1 Å². The van der Waals surface area contributed by atoms with Crippen LogP contribution in [0.15, 0.2) is 59.2 Å². The molecule has 3 aliphatic heterocycles. The maximum atomic E-state index is 15.5. The first-order chi connectivity index (χ1) is 23.9. The Kier molecular flexibility index (Phi) is 9.64. The summed E-state index contributed by atoms with van der Waals surface area (Å²) in [5.74, 6) is -3.47. The number of pyridine rings is 1. The van der Waals surface area contributed by atoms with Crippen LogP contribution in [0.5, 0.6) is 0 Å². The lowest BCUT2D eigenvalue weighted by Gasteiger charge is -2.49. The zero-order chi connectivity index (χ0) is 35.7. The molecule has 5 N–H and O–H groups in total. The molecule has 50 heavy (non-hydrogen) atoms. The second-order valence-electron chi connectivity index (χ2n) is 11.2. The maximum absolute atomic E-state index is 15.5. The van der Waals surface area contributed by atoms with Gasteiger partial charge in [-0.25, -0.2) is 18.5 Å². The molecule has 3 aromatic rings. The fraction of sp³-hybridized carbons (Fsp3) is 0.300. The molecule has 6 rings (SSSR count). The molecule has 0 bridgehead atoms. The first kappa shape index (κ1) is 34.2. The van der Waals surface area contributed by atoms with Crippen LogP contribution in [0.3, 0.4) is 0 Å². The van der Waals surface area contributed by atoms with Crippen molar-refractivity contribution in [1.29, 1.82) is 0 Å². The second kappa shape index (κ2) is 14.1. The number of benzene rings is 1. The number of anilines is 2. The summed E-state index contributed by atoms with van der Waals surface area (Å²) >= 11 is 2.12. The third kappa shape index (κ3) is 6.79. The summed E-state index contributed by atoms with van der Waals surface area (Å²) in [6.07, 6.45) is 2.10. The van der Waals surface area contributed by atoms with Gasteiger partial charge in [-0.2, -0.15) is 9.36 Å². The third-order valence-electron chi connectivity index (χ3n) is 7.85. The number of nitrogen functional groups attached to an aromatic ring is 1. The van der Waals surface area contributed by atoms with Crippen LogP contribution in [0, 0.1) is 5.82 Å². The van der Waals surface area contributed by atoms with Crippen molar-refractivity contribution in [1.82, 2.24) is 24.9 Å². The van der Waals surface area contributed by atoms with E-state index in [2.05, 4.69) is 25.1 Å². The highest BCUT2D eigenvalue weighted by Gasteiger charge is 2.55. The van der Waals surface area contributed by atoms with Crippen LogP contribution in [0.4, 0.5) is 20.0 Å². The summed E-state index contributed by atoms with van der Waals surface area (Å²) < 4.78 is 26.4. The highest BCUT2D eigenvalue weighted by atomic mass is 32.2. The SMILES string of the molecule is CO/N=C(\C(=O)N[C@@H]1C(=O)N2C(C(=O)O)=C(C[n+]3cccc(-c4ccc(N5C[C@H](CNC(C)=O)OC5=O)cc4F)c3)CSC12)c1nsc(N)n1. The third-order valence-corrected chi connectivity index (χ3v) is 9.73. The van der Waals surface area contributed by atoms with E-state index in [1.54, 1.807) is 35.2 Å². The van der Waals surface area contributed by atoms with Crippen molar-refractivity contribution in [3.05, 3.63) is 65.6 Å². The number of nitrogens with two attached hydrogens (primary N) is 1. The van der Waals surface area contributed by atoms with E-state index in [-0.39, 0.29) is 64.9 Å². The maximum Gasteiger partial charge on any atom is 0.414 e. The molecular weight excluding hydrogens is 698 g/mol. The fourth-order valence-corrected chi connectivity index (χ4v) is 7.39. The van der Waals surface area contributed by atoms with Gasteiger partial charge in [0.05, 0.1) is 18.8 Å². The quantitative estimate of drug-likeness (QED) is 0.0917. The van der Waals surface area contributed by atoms with Gasteiger partial charge in [-0.3, -0.25) is 24.2 Å². The van der Waals surface area contributed by atoms with E-state index in [0.29, 0.717) is 11.1 Å². The number of aliphatic carboxylic acids is 1. The molecule has 1 unspecified atom stereocenters. The lowest BCUT2D eigenvalue weighted by Crippen LogP contribution is -2.71. The largest absolute Gasteiger partial charge is 0.477 e. The molecule has 2 saturated heterocycles. The number of carbonyl (C=O) groups is 5. The molecular formula is C30H29FN9O8S2+. The normalized spacial score (nSPS) is 20.2. The number of hydrogen-bond acceptors (Lipinski definition) is 13. The number of nitrogens with one attached hydrogen (secondary N) is 2. The van der Waals surface area contributed by atoms with Crippen molar-refractivity contribution in [2.24, 2.45) is 5.16 Å². The molecule has 20 heteroatoms. The van der Waals surface area contributed by atoms with E-state index < -0.39 is 47.2 Å². The van der Waals surface area contributed by atoms with Gasteiger partial charge in [0.2, 0.25) is 17.4 Å². The van der Waals surface area contributed by atoms with Gasteiger partial charge in [0.1, 0.15) is 36.1 Å². The van der Waals surface area contributed by atoms with Crippen LogP contribution in [-0.2, 0) is 35.3 Å². The second-order valence-corrected chi connectivity index (χ2v) is 13.1. The number of aromatic nitrogens is 3. The molecule has 2 fully saturated rings. The Bertz CT molecular complexity index is 1970. The minimum Gasteiger partial charge on any atom is -0.477 e. The van der Waals surface area contributed by atoms with Gasteiger partial charge in [-0.15, -0.1) is 11.8 Å². The number of nitrogens with zero attached hydrogens (tertiary/aromatic N) is 6. The van der Waals surface area contributed by atoms with Crippen LogP contribution < -0.4 is 25.8 Å². The van der Waals surface area contributed by atoms with E-state index in [0.717, 1.165) is 16.4 Å². The summed E-state index contributed by atoms with van der Waals surface area (Å²) in [5, 5.41) is 18.4. The zero-order valence-corrected chi connectivity index (χ0v) is 28.0. The van der Waals surface area contributed by atoms with Gasteiger partial charge in [0.25, 0.3) is 11.8 Å². The molecule has 5 heterocycles. The molecule has 3 atom stereocenters. The average Bonchev–Trinajstić information content (AvgIpc) is 3.69. The summed E-state index contributed by atoms with van der Waals surface area (Å²) in [4.78, 5) is 73.4. The number of carboxylic acids is 1. The zero-order valence-electron chi connectivity index (χ0n) is 26.4. The van der Waals surface area contributed by atoms with Gasteiger partial charge < -0.3 is 31.0 Å². The van der Waals surface area contributed by atoms with E-state index in [1.807, 2.05) is 0 Å². The van der Waals surface area contributed by atoms with Gasteiger partial charge in [-0.05, 0) is 24.3 Å². The molecule has 4 amide bonds. The Balaban J connectivity index is 1.16. The van der Waals surface area contributed by atoms with E-state index in [1.165, 1.54) is 42.8 Å². The number of fused-ring (bicyclic) bond motifs is 1. The van der Waals surface area contributed by atoms with Gasteiger partial charge >= 0.3 is 12.1 Å². The number of halogens is 1. The number of carboxylic acid groups (broad SMARTS) is 1. The minimum atomic E-state index is -1.31. The number of amides is 4. The molecule has 3 aliphatic rings. The van der Waals surface area contributed by atoms with Crippen molar-refractivity contribution >= 4 is 69.6 Å². The summed E-state index contributed by atoms with van der Waals surface area (Å²) in [6, 6.07) is 6.64. The predicted molar refractivity (Wildman–Crippen MR) is 176 cm³/mol. The minimum absolute atomic E-state index is 0.0760. The number of hydrogen-bond donors (Lipinski definition) is 4. The predicted octanol–water partition coefficient (Wildman–Crippen LogP) is 0.465. The molecule has 2 aromatic heterocycles. The summed E-state index contributed by atoms with van der Waals surface area (Å²) in [5.41, 5.74) is 6.55. The highest BCUT2D eigenvalue weighted by molar-refractivity contribution is 8.00. The topological polar surface area (TPSA) is 223 Å². The summed E-state index contributed by atoms with van der Waals surface area (Å²) in [6.45, 7) is 1.70. The van der Waals surface area contributed by atoms with Crippen LogP contribution >= 0.6 is 23.3 Å². The van der Waals surface area contributed by atoms with Gasteiger partial charge in [-0.1, -0.05) is 5.16 Å². The van der Waals surface area contributed by atoms with Gasteiger partial charge in [0.15, 0.2) is 24.1 Å². The number of rotatable bonds is 11. The number of cyclic esters (lactones) is 1. The van der Waals surface area contributed by atoms with Gasteiger partial charge in [0, 0.05) is 47.0 Å².